The van der Waals surface area contributed by atoms with Crippen LogP contribution in [0.3, 0.4) is 0 Å². The molecule has 1 rings (SSSR count). The predicted molar refractivity (Wildman–Crippen MR) is 61.2 cm³/mol. The van der Waals surface area contributed by atoms with Crippen LogP contribution in [0.5, 0.6) is 0 Å². The number of aliphatic carboxylic acids is 1. The lowest BCUT2D eigenvalue weighted by Crippen LogP contribution is -2.28. The predicted octanol–water partition coefficient (Wildman–Crippen LogP) is 1.69. The van der Waals surface area contributed by atoms with Gasteiger partial charge < -0.3 is 10.4 Å². The van der Waals surface area contributed by atoms with Crippen LogP contribution >= 0.6 is 0 Å². The van der Waals surface area contributed by atoms with Crippen LogP contribution in [0.4, 0.5) is 10.2 Å². The summed E-state index contributed by atoms with van der Waals surface area (Å²) in [6.45, 7) is 5.28. The number of nitrogens with one attached hydrogen (secondary N) is 1. The van der Waals surface area contributed by atoms with E-state index in [1.807, 2.05) is 13.8 Å². The van der Waals surface area contributed by atoms with Crippen molar-refractivity contribution in [2.24, 2.45) is 11.8 Å². The summed E-state index contributed by atoms with van der Waals surface area (Å²) in [5.74, 6) is -2.01. The first kappa shape index (κ1) is 13.3. The normalized spacial score (nSPS) is 12.5. The number of carboxylic acids is 1. The largest absolute Gasteiger partial charge is 0.481 e. The van der Waals surface area contributed by atoms with Crippen molar-refractivity contribution >= 4 is 11.8 Å². The van der Waals surface area contributed by atoms with Crippen molar-refractivity contribution in [2.75, 3.05) is 11.9 Å². The average molecular weight is 241 g/mol. The Labute approximate surface area is 99.1 Å². The third-order valence-corrected chi connectivity index (χ3v) is 2.58. The summed E-state index contributed by atoms with van der Waals surface area (Å²) in [5, 5.41) is 11.7. The monoisotopic (exact) mass is 241 g/mol. The van der Waals surface area contributed by atoms with Crippen molar-refractivity contribution in [3.8, 4) is 0 Å². The number of aryl methyl sites for hydroxylation is 1. The molecule has 0 saturated heterocycles. The SMILES string of the molecule is Cc1ncnc(NCC(C(=O)O)C(C)C)c1F. The number of hydrogen-bond acceptors (Lipinski definition) is 4. The zero-order valence-corrected chi connectivity index (χ0v) is 10.1. The highest BCUT2D eigenvalue weighted by atomic mass is 19.1. The number of carbonyl (C=O) groups is 1. The summed E-state index contributed by atoms with van der Waals surface area (Å²) < 4.78 is 13.5. The van der Waals surface area contributed by atoms with Gasteiger partial charge in [0.1, 0.15) is 6.33 Å². The second kappa shape index (κ2) is 5.56. The number of hydrogen-bond donors (Lipinski definition) is 2. The Morgan fingerprint density at radius 2 is 2.18 bits per heavy atom. The minimum atomic E-state index is -0.904. The summed E-state index contributed by atoms with van der Waals surface area (Å²) in [7, 11) is 0. The fraction of sp³-hybridized carbons (Fsp3) is 0.545. The molecule has 1 aromatic heterocycles. The van der Waals surface area contributed by atoms with Gasteiger partial charge in [0.2, 0.25) is 0 Å². The molecular formula is C11H16FN3O2. The van der Waals surface area contributed by atoms with Gasteiger partial charge >= 0.3 is 5.97 Å². The number of halogens is 1. The van der Waals surface area contributed by atoms with Crippen LogP contribution < -0.4 is 5.32 Å². The molecule has 0 aliphatic carbocycles. The highest BCUT2D eigenvalue weighted by Crippen LogP contribution is 2.15. The van der Waals surface area contributed by atoms with Crippen molar-refractivity contribution < 1.29 is 14.3 Å². The summed E-state index contributed by atoms with van der Waals surface area (Å²) in [5.41, 5.74) is 0.235. The molecule has 0 saturated carbocycles. The lowest BCUT2D eigenvalue weighted by atomic mass is 9.96. The van der Waals surface area contributed by atoms with Crippen LogP contribution in [0.15, 0.2) is 6.33 Å². The van der Waals surface area contributed by atoms with Crippen molar-refractivity contribution in [1.29, 1.82) is 0 Å². The van der Waals surface area contributed by atoms with Crippen molar-refractivity contribution in [2.45, 2.75) is 20.8 Å². The van der Waals surface area contributed by atoms with Gasteiger partial charge in [-0.2, -0.15) is 0 Å². The van der Waals surface area contributed by atoms with E-state index < -0.39 is 17.7 Å². The van der Waals surface area contributed by atoms with Crippen LogP contribution in [-0.4, -0.2) is 27.6 Å². The Balaban J connectivity index is 2.72. The first-order valence-corrected chi connectivity index (χ1v) is 5.37. The van der Waals surface area contributed by atoms with E-state index >= 15 is 0 Å². The van der Waals surface area contributed by atoms with E-state index in [0.29, 0.717) is 0 Å². The van der Waals surface area contributed by atoms with Gasteiger partial charge in [0, 0.05) is 6.54 Å². The summed E-state index contributed by atoms with van der Waals surface area (Å²) in [4.78, 5) is 18.4. The molecule has 0 amide bonds. The molecule has 0 aromatic carbocycles. The van der Waals surface area contributed by atoms with Gasteiger partial charge in [-0.05, 0) is 12.8 Å². The summed E-state index contributed by atoms with van der Waals surface area (Å²) in [6, 6.07) is 0. The molecular weight excluding hydrogens is 225 g/mol. The molecule has 2 N–H and O–H groups in total. The van der Waals surface area contributed by atoms with Gasteiger partial charge in [-0.1, -0.05) is 13.8 Å². The molecule has 1 heterocycles. The van der Waals surface area contributed by atoms with Crippen molar-refractivity contribution in [3.05, 3.63) is 17.8 Å². The highest BCUT2D eigenvalue weighted by molar-refractivity contribution is 5.71. The molecule has 0 bridgehead atoms. The zero-order chi connectivity index (χ0) is 13.0. The highest BCUT2D eigenvalue weighted by Gasteiger charge is 2.21. The van der Waals surface area contributed by atoms with Gasteiger partial charge in [0.25, 0.3) is 0 Å². The number of carboxylic acid groups (broad SMARTS) is 1. The Hall–Kier alpha value is -1.72. The van der Waals surface area contributed by atoms with Crippen LogP contribution in [0, 0.1) is 24.6 Å². The zero-order valence-electron chi connectivity index (χ0n) is 10.1. The second-order valence-electron chi connectivity index (χ2n) is 4.19. The fourth-order valence-corrected chi connectivity index (χ4v) is 1.40. The molecule has 5 nitrogen and oxygen atoms in total. The topological polar surface area (TPSA) is 75.1 Å². The lowest BCUT2D eigenvalue weighted by molar-refractivity contribution is -0.142. The maximum absolute atomic E-state index is 13.5. The second-order valence-corrected chi connectivity index (χ2v) is 4.19. The number of rotatable bonds is 5. The molecule has 0 radical (unpaired) electrons. The Morgan fingerprint density at radius 1 is 1.53 bits per heavy atom. The van der Waals surface area contributed by atoms with Crippen LogP contribution in [0.2, 0.25) is 0 Å². The first-order chi connectivity index (χ1) is 7.93. The molecule has 6 heteroatoms. The third kappa shape index (κ3) is 3.37. The van der Waals surface area contributed by atoms with Crippen LogP contribution in [0.25, 0.3) is 0 Å². The molecule has 0 spiro atoms. The lowest BCUT2D eigenvalue weighted by Gasteiger charge is -2.17. The summed E-state index contributed by atoms with van der Waals surface area (Å²) >= 11 is 0. The molecule has 1 unspecified atom stereocenters. The van der Waals surface area contributed by atoms with Gasteiger partial charge in [0.15, 0.2) is 11.6 Å². The number of nitrogens with zero attached hydrogens (tertiary/aromatic N) is 2. The van der Waals surface area contributed by atoms with Gasteiger partial charge in [-0.15, -0.1) is 0 Å². The molecule has 17 heavy (non-hydrogen) atoms. The Kier molecular flexibility index (Phi) is 4.37. The standard InChI is InChI=1S/C11H16FN3O2/c1-6(2)8(11(16)17)4-13-10-9(12)7(3)14-5-15-10/h5-6,8H,4H2,1-3H3,(H,16,17)(H,13,14,15). The van der Waals surface area contributed by atoms with Crippen LogP contribution in [0.1, 0.15) is 19.5 Å². The minimum Gasteiger partial charge on any atom is -0.481 e. The maximum Gasteiger partial charge on any atom is 0.308 e. The Bertz CT molecular complexity index is 410. The summed E-state index contributed by atoms with van der Waals surface area (Å²) in [6.07, 6.45) is 1.24. The number of anilines is 1. The van der Waals surface area contributed by atoms with E-state index in [2.05, 4.69) is 15.3 Å². The molecule has 0 aliphatic heterocycles. The van der Waals surface area contributed by atoms with Crippen molar-refractivity contribution in [1.82, 2.24) is 9.97 Å². The number of aromatic nitrogens is 2. The van der Waals surface area contributed by atoms with Gasteiger partial charge in [-0.25, -0.2) is 14.4 Å². The molecule has 0 aliphatic rings. The Morgan fingerprint density at radius 3 is 2.71 bits per heavy atom. The van der Waals surface area contributed by atoms with Crippen LogP contribution in [-0.2, 0) is 4.79 Å². The minimum absolute atomic E-state index is 0.0361. The van der Waals surface area contributed by atoms with E-state index in [0.717, 1.165) is 0 Å². The molecule has 1 aromatic rings. The van der Waals surface area contributed by atoms with E-state index in [1.54, 1.807) is 0 Å². The van der Waals surface area contributed by atoms with E-state index in [1.165, 1.54) is 13.3 Å². The van der Waals surface area contributed by atoms with E-state index in [-0.39, 0.29) is 24.0 Å². The first-order valence-electron chi connectivity index (χ1n) is 5.37. The van der Waals surface area contributed by atoms with E-state index in [4.69, 9.17) is 5.11 Å². The smallest absolute Gasteiger partial charge is 0.308 e. The van der Waals surface area contributed by atoms with E-state index in [9.17, 15) is 9.18 Å². The average Bonchev–Trinajstić information content (AvgIpc) is 2.23. The fourth-order valence-electron chi connectivity index (χ4n) is 1.40. The van der Waals surface area contributed by atoms with Gasteiger partial charge in [-0.3, -0.25) is 4.79 Å². The molecule has 0 fully saturated rings. The van der Waals surface area contributed by atoms with Crippen molar-refractivity contribution in [3.63, 3.8) is 0 Å². The molecule has 1 atom stereocenters. The quantitative estimate of drug-likeness (QED) is 0.820. The third-order valence-electron chi connectivity index (χ3n) is 2.58. The van der Waals surface area contributed by atoms with Gasteiger partial charge in [0.05, 0.1) is 11.6 Å². The molecule has 94 valence electrons. The maximum atomic E-state index is 13.5.